The molecule has 19 heavy (non-hydrogen) atoms. The van der Waals surface area contributed by atoms with E-state index in [4.69, 9.17) is 10.8 Å². The Labute approximate surface area is 108 Å². The first-order valence-corrected chi connectivity index (χ1v) is 5.63. The number of amides is 1. The van der Waals surface area contributed by atoms with Gasteiger partial charge in [-0.15, -0.1) is 0 Å². The number of nitrogens with zero attached hydrogens (tertiary/aromatic N) is 1. The van der Waals surface area contributed by atoms with Crippen molar-refractivity contribution in [3.05, 3.63) is 29.3 Å². The molecule has 3 N–H and O–H groups in total. The number of primary amides is 1. The highest BCUT2D eigenvalue weighted by molar-refractivity contribution is 5.80. The fraction of sp³-hybridized carbons (Fsp3) is 0.417. The van der Waals surface area contributed by atoms with Crippen molar-refractivity contribution in [2.75, 3.05) is 18.0 Å². The maximum Gasteiger partial charge on any atom is 0.418 e. The van der Waals surface area contributed by atoms with Crippen molar-refractivity contribution in [3.8, 4) is 0 Å². The van der Waals surface area contributed by atoms with Crippen molar-refractivity contribution in [3.63, 3.8) is 0 Å². The molecule has 0 aliphatic carbocycles. The van der Waals surface area contributed by atoms with Gasteiger partial charge in [-0.1, -0.05) is 6.07 Å². The van der Waals surface area contributed by atoms with Crippen molar-refractivity contribution >= 4 is 11.6 Å². The molecule has 0 aliphatic heterocycles. The molecule has 0 fully saturated rings. The van der Waals surface area contributed by atoms with Crippen LogP contribution in [0, 0.1) is 0 Å². The summed E-state index contributed by atoms with van der Waals surface area (Å²) in [4.78, 5) is 12.1. The molecule has 0 bridgehead atoms. The second kappa shape index (κ2) is 5.92. The summed E-state index contributed by atoms with van der Waals surface area (Å²) in [5.41, 5.74) is 4.17. The molecule has 1 aromatic carbocycles. The van der Waals surface area contributed by atoms with E-state index < -0.39 is 24.3 Å². The minimum absolute atomic E-state index is 0.119. The third kappa shape index (κ3) is 3.85. The van der Waals surface area contributed by atoms with E-state index in [2.05, 4.69) is 0 Å². The molecule has 0 aromatic heterocycles. The van der Waals surface area contributed by atoms with E-state index in [1.165, 1.54) is 17.0 Å². The minimum Gasteiger partial charge on any atom is -0.392 e. The third-order valence-corrected chi connectivity index (χ3v) is 2.62. The van der Waals surface area contributed by atoms with Crippen LogP contribution in [0.25, 0.3) is 0 Å². The zero-order valence-corrected chi connectivity index (χ0v) is 10.4. The molecule has 0 heterocycles. The van der Waals surface area contributed by atoms with Gasteiger partial charge in [0.25, 0.3) is 0 Å². The Hall–Kier alpha value is -1.76. The van der Waals surface area contributed by atoms with Crippen LogP contribution in [0.4, 0.5) is 18.9 Å². The number of hydrogen-bond acceptors (Lipinski definition) is 3. The van der Waals surface area contributed by atoms with Crippen LogP contribution in [0.15, 0.2) is 18.2 Å². The van der Waals surface area contributed by atoms with Gasteiger partial charge in [0.15, 0.2) is 0 Å². The maximum absolute atomic E-state index is 13.0. The van der Waals surface area contributed by atoms with Crippen LogP contribution >= 0.6 is 0 Å². The van der Waals surface area contributed by atoms with Gasteiger partial charge in [0.1, 0.15) is 0 Å². The van der Waals surface area contributed by atoms with Crippen molar-refractivity contribution in [2.24, 2.45) is 5.73 Å². The summed E-state index contributed by atoms with van der Waals surface area (Å²) >= 11 is 0. The molecule has 0 spiro atoms. The van der Waals surface area contributed by atoms with Crippen LogP contribution in [0.3, 0.4) is 0 Å². The molecule has 0 unspecified atom stereocenters. The van der Waals surface area contributed by atoms with Crippen LogP contribution in [0.2, 0.25) is 0 Å². The summed E-state index contributed by atoms with van der Waals surface area (Å²) in [6.07, 6.45) is -4.56. The number of hydrogen-bond donors (Lipinski definition) is 2. The fourth-order valence-corrected chi connectivity index (χ4v) is 1.74. The van der Waals surface area contributed by atoms with E-state index >= 15 is 0 Å². The smallest absolute Gasteiger partial charge is 0.392 e. The lowest BCUT2D eigenvalue weighted by Crippen LogP contribution is -2.35. The summed E-state index contributed by atoms with van der Waals surface area (Å²) in [6.45, 7) is 1.07. The second-order valence-corrected chi connectivity index (χ2v) is 3.99. The highest BCUT2D eigenvalue weighted by Gasteiger charge is 2.35. The molecule has 106 valence electrons. The predicted octanol–water partition coefficient (Wildman–Crippen LogP) is 1.51. The lowest BCUT2D eigenvalue weighted by Gasteiger charge is -2.25. The molecule has 0 atom stereocenters. The minimum atomic E-state index is -4.56. The predicted molar refractivity (Wildman–Crippen MR) is 64.4 cm³/mol. The van der Waals surface area contributed by atoms with E-state index in [9.17, 15) is 18.0 Å². The van der Waals surface area contributed by atoms with Crippen LogP contribution in [0.5, 0.6) is 0 Å². The van der Waals surface area contributed by atoms with E-state index in [0.717, 1.165) is 6.07 Å². The van der Waals surface area contributed by atoms with Crippen LogP contribution in [-0.2, 0) is 17.6 Å². The number of halogens is 3. The van der Waals surface area contributed by atoms with E-state index in [0.29, 0.717) is 0 Å². The number of anilines is 1. The summed E-state index contributed by atoms with van der Waals surface area (Å²) in [6, 6.07) is 3.49. The zero-order chi connectivity index (χ0) is 14.6. The Morgan fingerprint density at radius 3 is 2.47 bits per heavy atom. The SMILES string of the molecule is CCN(CC(N)=O)c1ccc(CO)cc1C(F)(F)F. The van der Waals surface area contributed by atoms with Gasteiger partial charge in [-0.3, -0.25) is 4.79 Å². The second-order valence-electron chi connectivity index (χ2n) is 3.99. The largest absolute Gasteiger partial charge is 0.418 e. The molecule has 4 nitrogen and oxygen atoms in total. The fourth-order valence-electron chi connectivity index (χ4n) is 1.74. The number of carbonyl (C=O) groups excluding carboxylic acids is 1. The van der Waals surface area contributed by atoms with Gasteiger partial charge < -0.3 is 15.7 Å². The molecule has 1 aromatic rings. The lowest BCUT2D eigenvalue weighted by atomic mass is 10.1. The molecule has 1 rings (SSSR count). The molecular weight excluding hydrogens is 261 g/mol. The number of alkyl halides is 3. The number of nitrogens with two attached hydrogens (primary N) is 1. The summed E-state index contributed by atoms with van der Waals surface area (Å²) in [5, 5.41) is 8.90. The quantitative estimate of drug-likeness (QED) is 0.856. The first kappa shape index (κ1) is 15.3. The van der Waals surface area contributed by atoms with E-state index in [-0.39, 0.29) is 24.3 Å². The number of benzene rings is 1. The summed E-state index contributed by atoms with van der Waals surface area (Å²) in [5.74, 6) is -0.707. The summed E-state index contributed by atoms with van der Waals surface area (Å²) < 4.78 is 38.9. The summed E-state index contributed by atoms with van der Waals surface area (Å²) in [7, 11) is 0. The Bertz CT molecular complexity index is 461. The number of aliphatic hydroxyl groups excluding tert-OH is 1. The Morgan fingerprint density at radius 1 is 1.42 bits per heavy atom. The van der Waals surface area contributed by atoms with Gasteiger partial charge in [-0.2, -0.15) is 13.2 Å². The maximum atomic E-state index is 13.0. The monoisotopic (exact) mass is 276 g/mol. The van der Waals surface area contributed by atoms with Crippen molar-refractivity contribution in [1.29, 1.82) is 0 Å². The van der Waals surface area contributed by atoms with Gasteiger partial charge >= 0.3 is 6.18 Å². The van der Waals surface area contributed by atoms with Crippen LogP contribution in [0.1, 0.15) is 18.1 Å². The van der Waals surface area contributed by atoms with Crippen LogP contribution in [-0.4, -0.2) is 24.1 Å². The Kier molecular flexibility index (Phi) is 4.77. The molecule has 0 aliphatic rings. The first-order chi connectivity index (χ1) is 8.79. The topological polar surface area (TPSA) is 66.6 Å². The van der Waals surface area contributed by atoms with Gasteiger partial charge in [0, 0.05) is 12.2 Å². The van der Waals surface area contributed by atoms with Gasteiger partial charge in [-0.05, 0) is 24.6 Å². The molecular formula is C12H15F3N2O2. The highest BCUT2D eigenvalue weighted by Crippen LogP contribution is 2.37. The Morgan fingerprint density at radius 2 is 2.05 bits per heavy atom. The van der Waals surface area contributed by atoms with Gasteiger partial charge in [-0.25, -0.2) is 0 Å². The van der Waals surface area contributed by atoms with Gasteiger partial charge in [0.05, 0.1) is 18.7 Å². The number of carbonyl (C=O) groups is 1. The number of aliphatic hydroxyl groups is 1. The third-order valence-electron chi connectivity index (χ3n) is 2.62. The van der Waals surface area contributed by atoms with Crippen LogP contribution < -0.4 is 10.6 Å². The zero-order valence-electron chi connectivity index (χ0n) is 10.4. The number of rotatable bonds is 5. The van der Waals surface area contributed by atoms with Crippen molar-refractivity contribution < 1.29 is 23.1 Å². The normalized spacial score (nSPS) is 11.4. The van der Waals surface area contributed by atoms with Crippen molar-refractivity contribution in [2.45, 2.75) is 19.7 Å². The van der Waals surface area contributed by atoms with E-state index in [1.807, 2.05) is 0 Å². The standard InChI is InChI=1S/C12H15F3N2O2/c1-2-17(6-11(16)19)10-4-3-8(7-18)5-9(10)12(13,14)15/h3-5,18H,2,6-7H2,1H3,(H2,16,19). The first-order valence-electron chi connectivity index (χ1n) is 5.63. The van der Waals surface area contributed by atoms with Crippen molar-refractivity contribution in [1.82, 2.24) is 0 Å². The average Bonchev–Trinajstić information content (AvgIpc) is 2.34. The molecule has 0 saturated carbocycles. The molecule has 1 amide bonds. The molecule has 0 radical (unpaired) electrons. The van der Waals surface area contributed by atoms with E-state index in [1.54, 1.807) is 6.92 Å². The lowest BCUT2D eigenvalue weighted by molar-refractivity contribution is -0.137. The van der Waals surface area contributed by atoms with Gasteiger partial charge in [0.2, 0.25) is 5.91 Å². The molecule has 7 heteroatoms. The Balaban J connectivity index is 3.28. The highest BCUT2D eigenvalue weighted by atomic mass is 19.4. The number of likely N-dealkylation sites (N-methyl/N-ethyl adjacent to an activating group) is 1. The average molecular weight is 276 g/mol. The molecule has 0 saturated heterocycles.